The van der Waals surface area contributed by atoms with Crippen molar-refractivity contribution in [1.29, 1.82) is 0 Å². The molecule has 1 aliphatic rings. The average Bonchev–Trinajstić information content (AvgIpc) is 2.52. The van der Waals surface area contributed by atoms with Crippen LogP contribution in [0.1, 0.15) is 29.2 Å². The molecule has 0 aliphatic heterocycles. The van der Waals surface area contributed by atoms with Crippen molar-refractivity contribution in [2.45, 2.75) is 25.3 Å². The van der Waals surface area contributed by atoms with E-state index in [2.05, 4.69) is 34.1 Å². The van der Waals surface area contributed by atoms with Crippen LogP contribution >= 0.6 is 27.5 Å². The third kappa shape index (κ3) is 2.87. The topological polar surface area (TPSA) is 26.0 Å². The predicted octanol–water partition coefficient (Wildman–Crippen LogP) is 5.05. The van der Waals surface area contributed by atoms with Crippen molar-refractivity contribution in [2.75, 3.05) is 0 Å². The molecular weight excluding hydrogens is 353 g/mol. The zero-order chi connectivity index (χ0) is 15.0. The molecule has 0 saturated carbocycles. The second kappa shape index (κ2) is 6.07. The molecule has 2 unspecified atom stereocenters. The summed E-state index contributed by atoms with van der Waals surface area (Å²) in [5.41, 5.74) is 9.55. The van der Waals surface area contributed by atoms with Gasteiger partial charge in [-0.25, -0.2) is 4.39 Å². The molecule has 2 aromatic carbocycles. The minimum absolute atomic E-state index is 0.110. The largest absolute Gasteiger partial charge is 0.324 e. The summed E-state index contributed by atoms with van der Waals surface area (Å²) in [5.74, 6) is -0.163. The summed E-state index contributed by atoms with van der Waals surface area (Å²) >= 11 is 9.20. The van der Waals surface area contributed by atoms with E-state index < -0.39 is 5.82 Å². The maximum atomic E-state index is 14.3. The SMILES string of the molecule is NC(c1ccc(Br)c(Cl)c1F)C1CCc2ccccc2C1. The summed E-state index contributed by atoms with van der Waals surface area (Å²) in [6.07, 6.45) is 2.87. The van der Waals surface area contributed by atoms with Crippen LogP contribution in [0.15, 0.2) is 40.9 Å². The van der Waals surface area contributed by atoms with Crippen molar-refractivity contribution in [2.24, 2.45) is 11.7 Å². The number of nitrogens with two attached hydrogens (primary N) is 1. The Balaban J connectivity index is 1.87. The fraction of sp³-hybridized carbons (Fsp3) is 0.294. The molecule has 2 atom stereocenters. The van der Waals surface area contributed by atoms with Gasteiger partial charge in [0.25, 0.3) is 0 Å². The Kier molecular flexibility index (Phi) is 4.34. The van der Waals surface area contributed by atoms with Crippen LogP contribution in [-0.2, 0) is 12.8 Å². The molecular formula is C17H16BrClFN. The maximum Gasteiger partial charge on any atom is 0.147 e. The molecule has 0 saturated heterocycles. The molecule has 21 heavy (non-hydrogen) atoms. The minimum atomic E-state index is -0.405. The van der Waals surface area contributed by atoms with Gasteiger partial charge in [-0.05, 0) is 58.3 Å². The number of hydrogen-bond donors (Lipinski definition) is 1. The molecule has 0 aromatic heterocycles. The molecule has 3 rings (SSSR count). The van der Waals surface area contributed by atoms with Gasteiger partial charge in [0.1, 0.15) is 5.82 Å². The van der Waals surface area contributed by atoms with Crippen LogP contribution in [0.2, 0.25) is 5.02 Å². The number of aryl methyl sites for hydroxylation is 1. The van der Waals surface area contributed by atoms with Crippen LogP contribution in [-0.4, -0.2) is 0 Å². The van der Waals surface area contributed by atoms with Gasteiger partial charge >= 0.3 is 0 Å². The van der Waals surface area contributed by atoms with Gasteiger partial charge in [0.05, 0.1) is 5.02 Å². The Bertz CT molecular complexity index is 674. The standard InChI is InChI=1S/C17H16BrClFN/c18-14-8-7-13(16(20)15(14)19)17(21)12-6-5-10-3-1-2-4-11(10)9-12/h1-4,7-8,12,17H,5-6,9,21H2. The summed E-state index contributed by atoms with van der Waals surface area (Å²) in [6, 6.07) is 11.6. The van der Waals surface area contributed by atoms with Crippen LogP contribution in [0.5, 0.6) is 0 Å². The van der Waals surface area contributed by atoms with Gasteiger partial charge in [0.2, 0.25) is 0 Å². The van der Waals surface area contributed by atoms with Crippen molar-refractivity contribution >= 4 is 27.5 Å². The van der Waals surface area contributed by atoms with Crippen LogP contribution in [0, 0.1) is 11.7 Å². The van der Waals surface area contributed by atoms with E-state index >= 15 is 0 Å². The Morgan fingerprint density at radius 1 is 1.19 bits per heavy atom. The first-order valence-electron chi connectivity index (χ1n) is 7.03. The zero-order valence-electron chi connectivity index (χ0n) is 11.5. The Labute approximate surface area is 137 Å². The molecule has 0 heterocycles. The minimum Gasteiger partial charge on any atom is -0.324 e. The van der Waals surface area contributed by atoms with Gasteiger partial charge in [-0.2, -0.15) is 0 Å². The van der Waals surface area contributed by atoms with Gasteiger partial charge in [0, 0.05) is 16.1 Å². The summed E-state index contributed by atoms with van der Waals surface area (Å²) in [7, 11) is 0. The molecule has 0 radical (unpaired) electrons. The van der Waals surface area contributed by atoms with Crippen molar-refractivity contribution in [3.05, 3.63) is 68.4 Å². The van der Waals surface area contributed by atoms with E-state index in [0.29, 0.717) is 10.0 Å². The summed E-state index contributed by atoms with van der Waals surface area (Å²) in [4.78, 5) is 0. The number of rotatable bonds is 2. The first-order valence-corrected chi connectivity index (χ1v) is 8.20. The Hall–Kier alpha value is -0.900. The van der Waals surface area contributed by atoms with Crippen LogP contribution in [0.25, 0.3) is 0 Å². The van der Waals surface area contributed by atoms with Crippen molar-refractivity contribution in [3.63, 3.8) is 0 Å². The predicted molar refractivity (Wildman–Crippen MR) is 88.0 cm³/mol. The smallest absolute Gasteiger partial charge is 0.147 e. The van der Waals surface area contributed by atoms with E-state index in [9.17, 15) is 4.39 Å². The lowest BCUT2D eigenvalue weighted by Crippen LogP contribution is -2.27. The number of benzene rings is 2. The normalized spacial score (nSPS) is 19.1. The molecule has 4 heteroatoms. The van der Waals surface area contributed by atoms with Gasteiger partial charge in [0.15, 0.2) is 0 Å². The molecule has 0 fully saturated rings. The third-order valence-corrected chi connectivity index (χ3v) is 5.58. The lowest BCUT2D eigenvalue weighted by Gasteiger charge is -2.30. The molecule has 110 valence electrons. The first-order chi connectivity index (χ1) is 10.1. The molecule has 1 aliphatic carbocycles. The van der Waals surface area contributed by atoms with E-state index in [1.165, 1.54) is 11.1 Å². The van der Waals surface area contributed by atoms with E-state index in [4.69, 9.17) is 17.3 Å². The van der Waals surface area contributed by atoms with Gasteiger partial charge in [-0.1, -0.05) is 41.9 Å². The number of halogens is 3. The Morgan fingerprint density at radius 3 is 2.67 bits per heavy atom. The highest BCUT2D eigenvalue weighted by molar-refractivity contribution is 9.10. The molecule has 0 bridgehead atoms. The van der Waals surface area contributed by atoms with Gasteiger partial charge < -0.3 is 5.73 Å². The van der Waals surface area contributed by atoms with Crippen LogP contribution in [0.4, 0.5) is 4.39 Å². The summed E-state index contributed by atoms with van der Waals surface area (Å²) in [5, 5.41) is 0.110. The molecule has 2 aromatic rings. The number of hydrogen-bond acceptors (Lipinski definition) is 1. The van der Waals surface area contributed by atoms with Crippen molar-refractivity contribution < 1.29 is 4.39 Å². The van der Waals surface area contributed by atoms with Crippen molar-refractivity contribution in [1.82, 2.24) is 0 Å². The van der Waals surface area contributed by atoms with Crippen molar-refractivity contribution in [3.8, 4) is 0 Å². The Morgan fingerprint density at radius 2 is 1.90 bits per heavy atom. The highest BCUT2D eigenvalue weighted by atomic mass is 79.9. The monoisotopic (exact) mass is 367 g/mol. The highest BCUT2D eigenvalue weighted by Gasteiger charge is 2.27. The maximum absolute atomic E-state index is 14.3. The van der Waals surface area contributed by atoms with Crippen LogP contribution < -0.4 is 5.73 Å². The average molecular weight is 369 g/mol. The summed E-state index contributed by atoms with van der Waals surface area (Å²) in [6.45, 7) is 0. The third-order valence-electron chi connectivity index (χ3n) is 4.32. The van der Waals surface area contributed by atoms with E-state index in [1.807, 2.05) is 6.07 Å². The molecule has 0 amide bonds. The lowest BCUT2D eigenvalue weighted by atomic mass is 9.78. The van der Waals surface area contributed by atoms with Gasteiger partial charge in [-0.3, -0.25) is 0 Å². The lowest BCUT2D eigenvalue weighted by molar-refractivity contribution is 0.373. The summed E-state index contributed by atoms with van der Waals surface area (Å²) < 4.78 is 14.9. The number of fused-ring (bicyclic) bond motifs is 1. The first kappa shape index (κ1) is 15.0. The molecule has 0 spiro atoms. The molecule has 1 nitrogen and oxygen atoms in total. The van der Waals surface area contributed by atoms with E-state index in [0.717, 1.165) is 19.3 Å². The van der Waals surface area contributed by atoms with Crippen LogP contribution in [0.3, 0.4) is 0 Å². The quantitative estimate of drug-likeness (QED) is 0.738. The zero-order valence-corrected chi connectivity index (χ0v) is 13.8. The fourth-order valence-corrected chi connectivity index (χ4v) is 3.56. The highest BCUT2D eigenvalue weighted by Crippen LogP contribution is 2.36. The second-order valence-electron chi connectivity index (χ2n) is 5.56. The van der Waals surface area contributed by atoms with Gasteiger partial charge in [-0.15, -0.1) is 0 Å². The fourth-order valence-electron chi connectivity index (χ4n) is 3.08. The van der Waals surface area contributed by atoms with E-state index in [-0.39, 0.29) is 17.0 Å². The van der Waals surface area contributed by atoms with E-state index in [1.54, 1.807) is 12.1 Å². The second-order valence-corrected chi connectivity index (χ2v) is 6.79. The molecule has 2 N–H and O–H groups in total.